The van der Waals surface area contributed by atoms with Crippen molar-refractivity contribution in [2.24, 2.45) is 0 Å². The Morgan fingerprint density at radius 1 is 1.31 bits per heavy atom. The lowest BCUT2D eigenvalue weighted by Crippen LogP contribution is -1.94. The van der Waals surface area contributed by atoms with E-state index in [1.54, 1.807) is 11.8 Å². The van der Waals surface area contributed by atoms with Gasteiger partial charge < -0.3 is 0 Å². The first-order chi connectivity index (χ1) is 6.31. The van der Waals surface area contributed by atoms with Crippen LogP contribution in [0, 0.1) is 0 Å². The maximum atomic E-state index is 11.6. The summed E-state index contributed by atoms with van der Waals surface area (Å²) in [4.78, 5) is 11.6. The van der Waals surface area contributed by atoms with Gasteiger partial charge in [-0.3, -0.25) is 4.79 Å². The Labute approximate surface area is 84.4 Å². The summed E-state index contributed by atoms with van der Waals surface area (Å²) >= 11 is 2.93. The van der Waals surface area contributed by atoms with Crippen LogP contribution in [0.25, 0.3) is 10.8 Å². The van der Waals surface area contributed by atoms with E-state index < -0.39 is 0 Å². The van der Waals surface area contributed by atoms with Crippen molar-refractivity contribution in [2.75, 3.05) is 6.26 Å². The van der Waals surface area contributed by atoms with E-state index in [0.29, 0.717) is 0 Å². The Kier molecular flexibility index (Phi) is 2.38. The minimum Gasteiger partial charge on any atom is -0.277 e. The normalized spacial score (nSPS) is 10.5. The van der Waals surface area contributed by atoms with Crippen molar-refractivity contribution < 1.29 is 0 Å². The van der Waals surface area contributed by atoms with Crippen molar-refractivity contribution in [3.63, 3.8) is 0 Å². The summed E-state index contributed by atoms with van der Waals surface area (Å²) in [6.07, 6.45) is 1.99. The van der Waals surface area contributed by atoms with Gasteiger partial charge in [-0.25, -0.2) is 0 Å². The molecule has 1 nitrogen and oxygen atoms in total. The molecule has 0 aliphatic rings. The van der Waals surface area contributed by atoms with Gasteiger partial charge in [-0.15, -0.1) is 11.8 Å². The van der Waals surface area contributed by atoms with Crippen LogP contribution < -0.4 is 4.74 Å². The van der Waals surface area contributed by atoms with Gasteiger partial charge in [0.15, 0.2) is 0 Å². The molecule has 0 atom stereocenters. The van der Waals surface area contributed by atoms with Gasteiger partial charge in [0, 0.05) is 5.39 Å². The van der Waals surface area contributed by atoms with Crippen molar-refractivity contribution in [2.45, 2.75) is 4.21 Å². The van der Waals surface area contributed by atoms with E-state index in [4.69, 9.17) is 0 Å². The first kappa shape index (κ1) is 8.78. The second kappa shape index (κ2) is 3.52. The fraction of sp³-hybridized carbons (Fsp3) is 0.100. The second-order valence-electron chi connectivity index (χ2n) is 2.64. The lowest BCUT2D eigenvalue weighted by Gasteiger charge is -1.97. The van der Waals surface area contributed by atoms with Crippen molar-refractivity contribution in [1.82, 2.24) is 0 Å². The lowest BCUT2D eigenvalue weighted by molar-refractivity contribution is 1.68. The van der Waals surface area contributed by atoms with Crippen LogP contribution in [0.4, 0.5) is 0 Å². The van der Waals surface area contributed by atoms with Crippen molar-refractivity contribution in [3.8, 4) is 0 Å². The summed E-state index contributed by atoms with van der Waals surface area (Å²) in [5.41, 5.74) is 0. The predicted octanol–water partition coefficient (Wildman–Crippen LogP) is 2.98. The van der Waals surface area contributed by atoms with Gasteiger partial charge in [0.2, 0.25) is 4.74 Å². The molecular formula is C10H8OS2. The molecule has 0 spiro atoms. The van der Waals surface area contributed by atoms with Crippen LogP contribution in [0.3, 0.4) is 0 Å². The zero-order valence-corrected chi connectivity index (χ0v) is 8.74. The van der Waals surface area contributed by atoms with Gasteiger partial charge >= 0.3 is 0 Å². The van der Waals surface area contributed by atoms with Gasteiger partial charge in [-0.1, -0.05) is 29.5 Å². The molecule has 1 aromatic heterocycles. The van der Waals surface area contributed by atoms with Crippen LogP contribution in [0.15, 0.2) is 39.3 Å². The molecule has 0 aliphatic carbocycles. The molecule has 0 saturated heterocycles. The summed E-state index contributed by atoms with van der Waals surface area (Å²) in [5, 5.41) is 1.86. The topological polar surface area (TPSA) is 17.1 Å². The lowest BCUT2D eigenvalue weighted by atomic mass is 10.2. The molecule has 0 unspecified atom stereocenters. The zero-order chi connectivity index (χ0) is 9.26. The summed E-state index contributed by atoms with van der Waals surface area (Å²) in [7, 11) is 0. The van der Waals surface area contributed by atoms with E-state index in [0.717, 1.165) is 15.0 Å². The van der Waals surface area contributed by atoms with Crippen molar-refractivity contribution in [3.05, 3.63) is 39.9 Å². The quantitative estimate of drug-likeness (QED) is 0.670. The fourth-order valence-electron chi connectivity index (χ4n) is 1.21. The molecule has 2 rings (SSSR count). The van der Waals surface area contributed by atoms with Crippen molar-refractivity contribution >= 4 is 33.9 Å². The summed E-state index contributed by atoms with van der Waals surface area (Å²) < 4.78 is 1.23. The van der Waals surface area contributed by atoms with Crippen LogP contribution in [0.2, 0.25) is 0 Å². The monoisotopic (exact) mass is 208 g/mol. The smallest absolute Gasteiger partial charge is 0.241 e. The Morgan fingerprint density at radius 2 is 2.08 bits per heavy atom. The first-order valence-electron chi connectivity index (χ1n) is 3.88. The molecule has 0 aliphatic heterocycles. The van der Waals surface area contributed by atoms with Crippen LogP contribution >= 0.6 is 23.1 Å². The average molecular weight is 208 g/mol. The minimum absolute atomic E-state index is 0.155. The molecule has 3 heteroatoms. The molecule has 0 saturated carbocycles. The van der Waals surface area contributed by atoms with Crippen LogP contribution in [0.1, 0.15) is 0 Å². The number of thioether (sulfide) groups is 1. The summed E-state index contributed by atoms with van der Waals surface area (Å²) in [6, 6.07) is 9.76. The van der Waals surface area contributed by atoms with E-state index in [9.17, 15) is 4.79 Å². The van der Waals surface area contributed by atoms with Gasteiger partial charge in [-0.05, 0) is 23.8 Å². The van der Waals surface area contributed by atoms with Crippen LogP contribution in [-0.4, -0.2) is 6.26 Å². The molecule has 0 N–H and O–H groups in total. The average Bonchev–Trinajstić information content (AvgIpc) is 2.18. The van der Waals surface area contributed by atoms with E-state index in [1.165, 1.54) is 11.3 Å². The van der Waals surface area contributed by atoms with E-state index in [1.807, 2.05) is 30.5 Å². The Morgan fingerprint density at radius 3 is 2.85 bits per heavy atom. The molecule has 13 heavy (non-hydrogen) atoms. The number of rotatable bonds is 1. The van der Waals surface area contributed by atoms with Gasteiger partial charge in [0.25, 0.3) is 0 Å². The predicted molar refractivity (Wildman–Crippen MR) is 59.9 cm³/mol. The van der Waals surface area contributed by atoms with Gasteiger partial charge in [0.1, 0.15) is 0 Å². The molecule has 2 aromatic rings. The highest BCUT2D eigenvalue weighted by Gasteiger charge is 2.00. The molecule has 0 radical (unpaired) electrons. The summed E-state index contributed by atoms with van der Waals surface area (Å²) in [5.74, 6) is 0. The van der Waals surface area contributed by atoms with E-state index in [-0.39, 0.29) is 4.74 Å². The Bertz CT molecular complexity index is 487. The standard InChI is InChI=1S/C10H8OS2/c1-12-9-6-7-4-2-3-5-8(7)10(11)13-9/h2-6H,1H3. The minimum atomic E-state index is 0.155. The molecule has 0 bridgehead atoms. The van der Waals surface area contributed by atoms with Crippen LogP contribution in [-0.2, 0) is 0 Å². The zero-order valence-electron chi connectivity index (χ0n) is 7.11. The van der Waals surface area contributed by atoms with E-state index >= 15 is 0 Å². The fourth-order valence-corrected chi connectivity index (χ4v) is 2.68. The highest BCUT2D eigenvalue weighted by molar-refractivity contribution is 8.00. The third kappa shape index (κ3) is 1.62. The second-order valence-corrected chi connectivity index (χ2v) is 4.77. The van der Waals surface area contributed by atoms with Crippen LogP contribution in [0.5, 0.6) is 0 Å². The summed E-state index contributed by atoms with van der Waals surface area (Å²) in [6.45, 7) is 0. The molecule has 66 valence electrons. The highest BCUT2D eigenvalue weighted by Crippen LogP contribution is 2.22. The van der Waals surface area contributed by atoms with E-state index in [2.05, 4.69) is 6.07 Å². The third-order valence-corrected chi connectivity index (χ3v) is 3.84. The Hall–Kier alpha value is -0.800. The van der Waals surface area contributed by atoms with Crippen molar-refractivity contribution in [1.29, 1.82) is 0 Å². The molecule has 0 amide bonds. The molecular weight excluding hydrogens is 200 g/mol. The highest BCUT2D eigenvalue weighted by atomic mass is 32.2. The number of fused-ring (bicyclic) bond motifs is 1. The largest absolute Gasteiger partial charge is 0.277 e. The SMILES string of the molecule is CSc1cc2ccccc2c(=O)s1. The molecule has 0 fully saturated rings. The van der Waals surface area contributed by atoms with Gasteiger partial charge in [0.05, 0.1) is 4.21 Å². The molecule has 1 heterocycles. The Balaban J connectivity index is 2.85. The van der Waals surface area contributed by atoms with Gasteiger partial charge in [-0.2, -0.15) is 0 Å². The maximum absolute atomic E-state index is 11.6. The maximum Gasteiger partial charge on any atom is 0.241 e. The number of hydrogen-bond donors (Lipinski definition) is 0. The first-order valence-corrected chi connectivity index (χ1v) is 5.92. The molecule has 1 aromatic carbocycles. The number of benzene rings is 1. The third-order valence-electron chi connectivity index (χ3n) is 1.85. The number of hydrogen-bond acceptors (Lipinski definition) is 3.